The van der Waals surface area contributed by atoms with E-state index in [2.05, 4.69) is 16.4 Å². The Labute approximate surface area is 160 Å². The maximum Gasteiger partial charge on any atom is 0.322 e. The number of amides is 3. The predicted molar refractivity (Wildman–Crippen MR) is 102 cm³/mol. The lowest BCUT2D eigenvalue weighted by Crippen LogP contribution is -2.47. The van der Waals surface area contributed by atoms with E-state index in [1.807, 2.05) is 13.1 Å². The van der Waals surface area contributed by atoms with Gasteiger partial charge in [0.1, 0.15) is 12.4 Å². The van der Waals surface area contributed by atoms with E-state index in [9.17, 15) is 14.0 Å². The number of aryl methyl sites for hydroxylation is 1. The largest absolute Gasteiger partial charge is 0.336 e. The highest BCUT2D eigenvalue weighted by Crippen LogP contribution is 2.27. The molecule has 0 spiro atoms. The van der Waals surface area contributed by atoms with Crippen molar-refractivity contribution in [2.75, 3.05) is 25.0 Å². The molecule has 140 valence electrons. The van der Waals surface area contributed by atoms with E-state index in [1.54, 1.807) is 22.3 Å². The van der Waals surface area contributed by atoms with Gasteiger partial charge in [0, 0.05) is 25.0 Å². The molecule has 0 saturated heterocycles. The minimum absolute atomic E-state index is 0.0310. The lowest BCUT2D eigenvalue weighted by Gasteiger charge is -2.32. The summed E-state index contributed by atoms with van der Waals surface area (Å²) in [6, 6.07) is 3.90. The Kier molecular flexibility index (Phi) is 4.65. The Morgan fingerprint density at radius 3 is 3.00 bits per heavy atom. The number of hydrogen-bond donors (Lipinski definition) is 1. The van der Waals surface area contributed by atoms with Crippen molar-refractivity contribution in [1.82, 2.24) is 14.8 Å². The van der Waals surface area contributed by atoms with Crippen LogP contribution in [0.2, 0.25) is 0 Å². The van der Waals surface area contributed by atoms with Crippen molar-refractivity contribution in [2.24, 2.45) is 0 Å². The Balaban J connectivity index is 1.43. The average Bonchev–Trinajstić information content (AvgIpc) is 3.09. The number of fused-ring (bicyclic) bond motifs is 1. The highest BCUT2D eigenvalue weighted by Gasteiger charge is 2.28. The van der Waals surface area contributed by atoms with Gasteiger partial charge in [0.05, 0.1) is 16.4 Å². The number of carbonyl (C=O) groups excluding carboxylic acids is 2. The van der Waals surface area contributed by atoms with Gasteiger partial charge in [-0.2, -0.15) is 0 Å². The quantitative estimate of drug-likeness (QED) is 0.881. The van der Waals surface area contributed by atoms with Crippen molar-refractivity contribution in [2.45, 2.75) is 19.9 Å². The van der Waals surface area contributed by atoms with E-state index in [0.29, 0.717) is 24.3 Å². The molecule has 6 nitrogen and oxygen atoms in total. The van der Waals surface area contributed by atoms with Crippen LogP contribution in [0.25, 0.3) is 5.57 Å². The first-order valence-corrected chi connectivity index (χ1v) is 9.55. The number of hydrogen-bond acceptors (Lipinski definition) is 4. The molecule has 2 aliphatic heterocycles. The third-order valence-electron chi connectivity index (χ3n) is 4.72. The van der Waals surface area contributed by atoms with E-state index in [4.69, 9.17) is 0 Å². The summed E-state index contributed by atoms with van der Waals surface area (Å²) in [5.74, 6) is -0.473. The molecule has 1 aromatic heterocycles. The first-order valence-electron chi connectivity index (χ1n) is 8.73. The molecule has 0 atom stereocenters. The number of nitrogens with one attached hydrogen (secondary N) is 1. The van der Waals surface area contributed by atoms with Gasteiger partial charge in [-0.1, -0.05) is 6.08 Å². The van der Waals surface area contributed by atoms with Crippen molar-refractivity contribution >= 4 is 34.5 Å². The van der Waals surface area contributed by atoms with Gasteiger partial charge in [-0.15, -0.1) is 11.3 Å². The Bertz CT molecular complexity index is 940. The van der Waals surface area contributed by atoms with Crippen LogP contribution in [0.4, 0.5) is 14.9 Å². The fourth-order valence-corrected chi connectivity index (χ4v) is 4.13. The second kappa shape index (κ2) is 7.11. The van der Waals surface area contributed by atoms with Gasteiger partial charge in [-0.05, 0) is 42.7 Å². The molecule has 27 heavy (non-hydrogen) atoms. The molecule has 4 rings (SSSR count). The molecule has 8 heteroatoms. The Morgan fingerprint density at radius 1 is 1.37 bits per heavy atom. The third kappa shape index (κ3) is 3.71. The van der Waals surface area contributed by atoms with Gasteiger partial charge in [0.2, 0.25) is 5.91 Å². The lowest BCUT2D eigenvalue weighted by molar-refractivity contribution is -0.131. The van der Waals surface area contributed by atoms with Gasteiger partial charge in [-0.3, -0.25) is 4.79 Å². The number of halogens is 1. The second-order valence-corrected chi connectivity index (χ2v) is 7.90. The molecule has 3 amide bonds. The van der Waals surface area contributed by atoms with E-state index >= 15 is 0 Å². The molecule has 0 saturated carbocycles. The standard InChI is InChI=1S/C19H19FN4O2S/c1-12-21-8-17(27-12)13-3-2-6-23(9-13)18(25)11-24-10-14-7-15(20)4-5-16(14)22-19(24)26/h3-5,7-8H,2,6,9-11H2,1H3,(H,22,26). The van der Waals surface area contributed by atoms with Crippen molar-refractivity contribution in [3.8, 4) is 0 Å². The zero-order chi connectivity index (χ0) is 19.0. The average molecular weight is 386 g/mol. The van der Waals surface area contributed by atoms with Crippen molar-refractivity contribution in [1.29, 1.82) is 0 Å². The number of urea groups is 1. The minimum Gasteiger partial charge on any atom is -0.336 e. The van der Waals surface area contributed by atoms with Gasteiger partial charge in [-0.25, -0.2) is 14.2 Å². The number of nitrogens with zero attached hydrogens (tertiary/aromatic N) is 3. The summed E-state index contributed by atoms with van der Waals surface area (Å²) in [6.45, 7) is 3.28. The van der Waals surface area contributed by atoms with Crippen LogP contribution in [0.15, 0.2) is 30.5 Å². The van der Waals surface area contributed by atoms with Crippen LogP contribution in [0.5, 0.6) is 0 Å². The summed E-state index contributed by atoms with van der Waals surface area (Å²) < 4.78 is 13.5. The highest BCUT2D eigenvalue weighted by molar-refractivity contribution is 7.12. The molecule has 2 aliphatic rings. The second-order valence-electron chi connectivity index (χ2n) is 6.66. The summed E-state index contributed by atoms with van der Waals surface area (Å²) in [5, 5.41) is 3.71. The Morgan fingerprint density at radius 2 is 2.22 bits per heavy atom. The summed E-state index contributed by atoms with van der Waals surface area (Å²) in [6.07, 6.45) is 4.75. The van der Waals surface area contributed by atoms with Gasteiger partial charge in [0.25, 0.3) is 0 Å². The molecular formula is C19H19FN4O2S. The van der Waals surface area contributed by atoms with Crippen LogP contribution in [0.3, 0.4) is 0 Å². The number of benzene rings is 1. The smallest absolute Gasteiger partial charge is 0.322 e. The lowest BCUT2D eigenvalue weighted by atomic mass is 10.1. The predicted octanol–water partition coefficient (Wildman–Crippen LogP) is 3.25. The zero-order valence-corrected chi connectivity index (χ0v) is 15.7. The van der Waals surface area contributed by atoms with E-state index < -0.39 is 0 Å². The molecule has 3 heterocycles. The van der Waals surface area contributed by atoms with Crippen LogP contribution in [-0.4, -0.2) is 46.4 Å². The van der Waals surface area contributed by atoms with E-state index in [-0.39, 0.29) is 30.8 Å². The third-order valence-corrected chi connectivity index (χ3v) is 5.71. The molecule has 1 aromatic carbocycles. The van der Waals surface area contributed by atoms with Crippen LogP contribution in [0.1, 0.15) is 21.9 Å². The fraction of sp³-hybridized carbons (Fsp3) is 0.316. The van der Waals surface area contributed by atoms with Crippen LogP contribution in [-0.2, 0) is 11.3 Å². The molecule has 0 bridgehead atoms. The van der Waals surface area contributed by atoms with Crippen LogP contribution in [0, 0.1) is 12.7 Å². The highest BCUT2D eigenvalue weighted by atomic mass is 32.1. The number of anilines is 1. The van der Waals surface area contributed by atoms with E-state index in [1.165, 1.54) is 17.0 Å². The Hall–Kier alpha value is -2.74. The minimum atomic E-state index is -0.359. The monoisotopic (exact) mass is 386 g/mol. The molecule has 0 radical (unpaired) electrons. The van der Waals surface area contributed by atoms with Crippen molar-refractivity contribution in [3.63, 3.8) is 0 Å². The normalized spacial score (nSPS) is 16.7. The maximum absolute atomic E-state index is 13.5. The molecule has 1 N–H and O–H groups in total. The molecule has 2 aromatic rings. The fourth-order valence-electron chi connectivity index (χ4n) is 3.32. The first kappa shape index (κ1) is 17.7. The summed E-state index contributed by atoms with van der Waals surface area (Å²) in [5.41, 5.74) is 2.35. The number of carbonyl (C=O) groups is 2. The number of thiazole rings is 1. The first-order chi connectivity index (χ1) is 13.0. The number of aromatic nitrogens is 1. The zero-order valence-electron chi connectivity index (χ0n) is 14.9. The van der Waals surface area contributed by atoms with Gasteiger partial charge >= 0.3 is 6.03 Å². The molecule has 0 fully saturated rings. The topological polar surface area (TPSA) is 65.5 Å². The SMILES string of the molecule is Cc1ncc(C2=CCCN(C(=O)CN3Cc4cc(F)ccc4NC3=O)C2)s1. The molecule has 0 aliphatic carbocycles. The van der Waals surface area contributed by atoms with Gasteiger partial charge < -0.3 is 15.1 Å². The summed E-state index contributed by atoms with van der Waals surface area (Å²) >= 11 is 1.61. The van der Waals surface area contributed by atoms with E-state index in [0.717, 1.165) is 21.9 Å². The maximum atomic E-state index is 13.5. The summed E-state index contributed by atoms with van der Waals surface area (Å²) in [4.78, 5) is 33.6. The van der Waals surface area contributed by atoms with Crippen LogP contribution >= 0.6 is 11.3 Å². The number of rotatable bonds is 3. The molecule has 0 unspecified atom stereocenters. The van der Waals surface area contributed by atoms with Gasteiger partial charge in [0.15, 0.2) is 0 Å². The molecular weight excluding hydrogens is 367 g/mol. The van der Waals surface area contributed by atoms with Crippen molar-refractivity contribution in [3.05, 3.63) is 51.7 Å². The summed E-state index contributed by atoms with van der Waals surface area (Å²) in [7, 11) is 0. The van der Waals surface area contributed by atoms with Crippen LogP contribution < -0.4 is 5.32 Å². The van der Waals surface area contributed by atoms with Crippen molar-refractivity contribution < 1.29 is 14.0 Å².